The molecule has 0 aromatic rings. The maximum atomic E-state index is 8.76. The van der Waals surface area contributed by atoms with E-state index >= 15 is 0 Å². The Hall–Kier alpha value is 0.01000. The lowest BCUT2D eigenvalue weighted by atomic mass is 10.7. The van der Waals surface area contributed by atoms with Gasteiger partial charge in [0.25, 0.3) is 0 Å². The molecule has 1 heterocycles. The molecule has 0 fully saturated rings. The molecule has 0 amide bonds. The van der Waals surface area contributed by atoms with Crippen molar-refractivity contribution in [1.29, 1.82) is 0 Å². The number of halogens is 1. The van der Waals surface area contributed by atoms with Gasteiger partial charge in [0, 0.05) is 11.6 Å². The van der Waals surface area contributed by atoms with Crippen LogP contribution in [-0.2, 0) is 0 Å². The molecule has 0 saturated heterocycles. The highest BCUT2D eigenvalue weighted by Crippen LogP contribution is 2.53. The smallest absolute Gasteiger partial charge is 0.0620 e. The molecule has 1 atom stereocenters. The summed E-state index contributed by atoms with van der Waals surface area (Å²) in [6, 6.07) is 0. The Bertz CT molecular complexity index is 117. The number of nitrogens with zero attached hydrogens (tertiary/aromatic N) is 1. The zero-order valence-corrected chi connectivity index (χ0v) is 4.99. The normalized spacial score (nSPS) is 46.6. The van der Waals surface area contributed by atoms with E-state index in [4.69, 9.17) is 15.2 Å². The summed E-state index contributed by atoms with van der Waals surface area (Å²) >= 11 is 0. The summed E-state index contributed by atoms with van der Waals surface area (Å²) in [4.78, 5) is 0. The minimum Gasteiger partial charge on any atom is -0.316 e. The van der Waals surface area contributed by atoms with Gasteiger partial charge in [-0.25, -0.2) is 4.40 Å². The molecule has 1 aliphatic heterocycles. The van der Waals surface area contributed by atoms with Crippen molar-refractivity contribution in [2.24, 2.45) is 4.40 Å². The van der Waals surface area contributed by atoms with Gasteiger partial charge in [-0.2, -0.15) is 0 Å². The van der Waals surface area contributed by atoms with Crippen LogP contribution in [0.25, 0.3) is 0 Å². The Kier molecular flexibility index (Phi) is 1.11. The Labute approximate surface area is 47.7 Å². The van der Waals surface area contributed by atoms with E-state index in [2.05, 4.69) is 4.40 Å². The van der Waals surface area contributed by atoms with Gasteiger partial charge in [-0.1, -0.05) is 0 Å². The first-order chi connectivity index (χ1) is 3.21. The molecule has 4 heteroatoms. The molecule has 1 aliphatic rings. The largest absolute Gasteiger partial charge is 0.316 e. The van der Waals surface area contributed by atoms with Crippen LogP contribution < -0.4 is 0 Å². The van der Waals surface area contributed by atoms with Crippen molar-refractivity contribution in [1.82, 2.24) is 0 Å². The second-order valence-electron chi connectivity index (χ2n) is 1.10. The highest BCUT2D eigenvalue weighted by Gasteiger charge is 2.10. The summed E-state index contributed by atoms with van der Waals surface area (Å²) < 4.78 is 12.3. The van der Waals surface area contributed by atoms with Crippen molar-refractivity contribution < 1.29 is 4.55 Å². The first-order valence-corrected chi connectivity index (χ1v) is 4.12. The predicted octanol–water partition coefficient (Wildman–Crippen LogP) is 1.93. The second kappa shape index (κ2) is 1.51. The van der Waals surface area contributed by atoms with Gasteiger partial charge >= 0.3 is 0 Å². The first-order valence-electron chi connectivity index (χ1n) is 1.68. The van der Waals surface area contributed by atoms with Crippen LogP contribution in [0.1, 0.15) is 0 Å². The molecule has 2 nitrogen and oxygen atoms in total. The van der Waals surface area contributed by atoms with Crippen molar-refractivity contribution in [2.45, 2.75) is 0 Å². The van der Waals surface area contributed by atoms with Crippen LogP contribution >= 0.6 is 20.4 Å². The molecule has 0 aromatic carbocycles. The molecule has 0 radical (unpaired) electrons. The third-order valence-corrected chi connectivity index (χ3v) is 2.01. The molecule has 0 aliphatic carbocycles. The van der Waals surface area contributed by atoms with E-state index in [0.717, 1.165) is 0 Å². The van der Waals surface area contributed by atoms with Crippen LogP contribution in [0, 0.1) is 0 Å². The Morgan fingerprint density at radius 1 is 1.71 bits per heavy atom. The van der Waals surface area contributed by atoms with Gasteiger partial charge in [-0.3, -0.25) is 0 Å². The highest BCUT2D eigenvalue weighted by atomic mass is 35.7. The van der Waals surface area contributed by atoms with Crippen LogP contribution in [0.5, 0.6) is 0 Å². The molecule has 0 spiro atoms. The zero-order chi connectivity index (χ0) is 5.33. The van der Waals surface area contributed by atoms with E-state index in [1.165, 1.54) is 11.6 Å². The predicted molar refractivity (Wildman–Crippen MR) is 33.7 cm³/mol. The highest BCUT2D eigenvalue weighted by molar-refractivity contribution is 8.48. The molecule has 1 rings (SSSR count). The van der Waals surface area contributed by atoms with E-state index in [0.29, 0.717) is 0 Å². The molecule has 0 aromatic heterocycles. The first kappa shape index (κ1) is 5.15. The van der Waals surface area contributed by atoms with Gasteiger partial charge in [0.2, 0.25) is 0 Å². The van der Waals surface area contributed by atoms with Crippen LogP contribution in [0.2, 0.25) is 0 Å². The lowest BCUT2D eigenvalue weighted by Crippen LogP contribution is -1.69. The molecular weight excluding hydrogens is 134 g/mol. The third kappa shape index (κ3) is 1.19. The van der Waals surface area contributed by atoms with Gasteiger partial charge in [-0.15, -0.1) is 0 Å². The molecule has 0 bridgehead atoms. The van der Waals surface area contributed by atoms with Crippen LogP contribution in [0.3, 0.4) is 0 Å². The van der Waals surface area contributed by atoms with Gasteiger partial charge in [0.1, 0.15) is 0 Å². The van der Waals surface area contributed by atoms with Gasteiger partial charge in [0.15, 0.2) is 0 Å². The zero-order valence-electron chi connectivity index (χ0n) is 3.41. The van der Waals surface area contributed by atoms with Crippen molar-refractivity contribution in [3.63, 3.8) is 0 Å². The SMILES string of the molecule is OS1(Cl)C=CC=N1. The average Bonchev–Trinajstić information content (AvgIpc) is 1.84. The lowest BCUT2D eigenvalue weighted by Gasteiger charge is -2.08. The quantitative estimate of drug-likeness (QED) is 0.544. The number of hydrogen-bond donors (Lipinski definition) is 1. The minimum absolute atomic E-state index is 1.48. The summed E-state index contributed by atoms with van der Waals surface area (Å²) in [6.07, 6.45) is 3.12. The molecule has 7 heavy (non-hydrogen) atoms. The second-order valence-corrected chi connectivity index (χ2v) is 3.99. The third-order valence-electron chi connectivity index (χ3n) is 0.546. The standard InChI is InChI=1S/C3H4ClNOS/c4-7(6)3-1-2-5-7/h1-3,6H. The Balaban J connectivity index is 2.77. The maximum Gasteiger partial charge on any atom is 0.0620 e. The van der Waals surface area contributed by atoms with Crippen molar-refractivity contribution in [3.8, 4) is 0 Å². The molecular formula is C3H4ClNOS. The van der Waals surface area contributed by atoms with Crippen molar-refractivity contribution in [2.75, 3.05) is 0 Å². The summed E-state index contributed by atoms with van der Waals surface area (Å²) in [7, 11) is 3.14. The molecule has 40 valence electrons. The number of hydrogen-bond acceptors (Lipinski definition) is 2. The van der Waals surface area contributed by atoms with Gasteiger partial charge < -0.3 is 4.55 Å². The summed E-state index contributed by atoms with van der Waals surface area (Å²) in [6.45, 7) is 0. The molecule has 0 saturated carbocycles. The van der Waals surface area contributed by atoms with Crippen LogP contribution in [0.4, 0.5) is 0 Å². The summed E-state index contributed by atoms with van der Waals surface area (Å²) in [5.41, 5.74) is 0. The van der Waals surface area contributed by atoms with E-state index in [-0.39, 0.29) is 0 Å². The fraction of sp³-hybridized carbons (Fsp3) is 0. The van der Waals surface area contributed by atoms with E-state index in [1.54, 1.807) is 6.08 Å². The van der Waals surface area contributed by atoms with E-state index in [1.807, 2.05) is 0 Å². The van der Waals surface area contributed by atoms with Crippen LogP contribution in [-0.4, -0.2) is 10.8 Å². The van der Waals surface area contributed by atoms with E-state index < -0.39 is 9.71 Å². The van der Waals surface area contributed by atoms with Gasteiger partial charge in [-0.05, 0) is 16.8 Å². The topological polar surface area (TPSA) is 32.6 Å². The van der Waals surface area contributed by atoms with Crippen LogP contribution in [0.15, 0.2) is 15.9 Å². The maximum absolute atomic E-state index is 8.76. The summed E-state index contributed by atoms with van der Waals surface area (Å²) in [5.74, 6) is 0. The minimum atomic E-state index is -2.19. The summed E-state index contributed by atoms with van der Waals surface area (Å²) in [5, 5.41) is 1.48. The van der Waals surface area contributed by atoms with Crippen molar-refractivity contribution >= 4 is 26.6 Å². The monoisotopic (exact) mass is 137 g/mol. The molecule has 1 N–H and O–H groups in total. The molecule has 1 unspecified atom stereocenters. The number of rotatable bonds is 0. The lowest BCUT2D eigenvalue weighted by molar-refractivity contribution is 0.651. The Morgan fingerprint density at radius 2 is 2.43 bits per heavy atom. The van der Waals surface area contributed by atoms with E-state index in [9.17, 15) is 0 Å². The average molecular weight is 138 g/mol. The fourth-order valence-electron chi connectivity index (χ4n) is 0.291. The van der Waals surface area contributed by atoms with Crippen molar-refractivity contribution in [3.05, 3.63) is 11.5 Å². The fourth-order valence-corrected chi connectivity index (χ4v) is 1.19. The van der Waals surface area contributed by atoms with Gasteiger partial charge in [0.05, 0.1) is 9.71 Å². The Morgan fingerprint density at radius 3 is 2.57 bits per heavy atom. The number of allylic oxidation sites excluding steroid dienone is 1.